The first-order chi connectivity index (χ1) is 14.5. The van der Waals surface area contributed by atoms with E-state index in [0.717, 1.165) is 37.9 Å². The highest BCUT2D eigenvalue weighted by Crippen LogP contribution is 2.43. The monoisotopic (exact) mass is 419 g/mol. The molecule has 2 heterocycles. The zero-order chi connectivity index (χ0) is 21.7. The number of carbonyl (C=O) groups is 2. The lowest BCUT2D eigenvalue weighted by Crippen LogP contribution is -2.43. The number of benzene rings is 1. The van der Waals surface area contributed by atoms with Crippen LogP contribution >= 0.6 is 0 Å². The maximum Gasteiger partial charge on any atom is 0.317 e. The van der Waals surface area contributed by atoms with E-state index in [1.807, 2.05) is 24.0 Å². The van der Waals surface area contributed by atoms with Crippen molar-refractivity contribution in [2.75, 3.05) is 54.1 Å². The summed E-state index contributed by atoms with van der Waals surface area (Å²) in [6.45, 7) is 4.89. The average molecular weight is 420 g/mol. The third kappa shape index (κ3) is 4.42. The minimum absolute atomic E-state index is 0.125. The predicted molar refractivity (Wildman–Crippen MR) is 113 cm³/mol. The minimum Gasteiger partial charge on any atom is -0.493 e. The Balaban J connectivity index is 1.95. The minimum atomic E-state index is -0.298. The third-order valence-corrected chi connectivity index (χ3v) is 6.04. The Morgan fingerprint density at radius 3 is 2.13 bits per heavy atom. The number of ether oxygens (including phenoxy) is 3. The second-order valence-electron chi connectivity index (χ2n) is 7.80. The van der Waals surface area contributed by atoms with Gasteiger partial charge >= 0.3 is 6.03 Å². The molecule has 2 saturated heterocycles. The van der Waals surface area contributed by atoms with Crippen molar-refractivity contribution in [1.82, 2.24) is 15.1 Å². The number of nitrogens with one attached hydrogen (secondary N) is 1. The van der Waals surface area contributed by atoms with Crippen LogP contribution in [0.5, 0.6) is 17.2 Å². The number of hydrogen-bond donors (Lipinski definition) is 1. The number of rotatable bonds is 6. The molecular weight excluding hydrogens is 386 g/mol. The van der Waals surface area contributed by atoms with Gasteiger partial charge in [0.25, 0.3) is 0 Å². The predicted octanol–water partition coefficient (Wildman–Crippen LogP) is 2.47. The van der Waals surface area contributed by atoms with Gasteiger partial charge in [-0.15, -0.1) is 0 Å². The van der Waals surface area contributed by atoms with E-state index >= 15 is 0 Å². The van der Waals surface area contributed by atoms with Crippen molar-refractivity contribution in [2.45, 2.75) is 32.1 Å². The molecule has 0 aliphatic carbocycles. The van der Waals surface area contributed by atoms with Crippen molar-refractivity contribution in [3.63, 3.8) is 0 Å². The summed E-state index contributed by atoms with van der Waals surface area (Å²) in [5, 5.41) is 2.85. The van der Waals surface area contributed by atoms with Crippen LogP contribution in [-0.2, 0) is 4.79 Å². The van der Waals surface area contributed by atoms with Crippen molar-refractivity contribution in [2.24, 2.45) is 5.92 Å². The number of methoxy groups -OCH3 is 3. The van der Waals surface area contributed by atoms with Gasteiger partial charge in [0.15, 0.2) is 11.5 Å². The van der Waals surface area contributed by atoms with Gasteiger partial charge in [0.05, 0.1) is 27.2 Å². The van der Waals surface area contributed by atoms with Gasteiger partial charge in [-0.2, -0.15) is 0 Å². The van der Waals surface area contributed by atoms with Gasteiger partial charge in [-0.3, -0.25) is 4.79 Å². The second kappa shape index (κ2) is 9.91. The summed E-state index contributed by atoms with van der Waals surface area (Å²) in [5.74, 6) is 1.30. The summed E-state index contributed by atoms with van der Waals surface area (Å²) in [4.78, 5) is 29.7. The normalized spacial score (nSPS) is 21.3. The van der Waals surface area contributed by atoms with Crippen LogP contribution in [0.15, 0.2) is 12.1 Å². The number of urea groups is 1. The van der Waals surface area contributed by atoms with E-state index in [9.17, 15) is 9.59 Å². The average Bonchev–Trinajstić information content (AvgIpc) is 3.24. The molecular formula is C22H33N3O5. The van der Waals surface area contributed by atoms with Crippen molar-refractivity contribution < 1.29 is 23.8 Å². The molecule has 0 bridgehead atoms. The number of likely N-dealkylation sites (tertiary alicyclic amines) is 2. The SMILES string of the molecule is CCNC(=O)N1C[C@H](C(=O)N2CCCCC2)[C@H](c2cc(OC)c(OC)c(OC)c2)C1. The molecule has 2 fully saturated rings. The van der Waals surface area contributed by atoms with E-state index in [1.54, 1.807) is 26.2 Å². The summed E-state index contributed by atoms with van der Waals surface area (Å²) in [7, 11) is 4.72. The highest BCUT2D eigenvalue weighted by atomic mass is 16.5. The molecule has 3 amide bonds. The van der Waals surface area contributed by atoms with Crippen LogP contribution in [0.25, 0.3) is 0 Å². The highest BCUT2D eigenvalue weighted by molar-refractivity contribution is 5.83. The topological polar surface area (TPSA) is 80.3 Å². The van der Waals surface area contributed by atoms with Gasteiger partial charge in [0.2, 0.25) is 11.7 Å². The number of amides is 3. The second-order valence-corrected chi connectivity index (χ2v) is 7.80. The van der Waals surface area contributed by atoms with Crippen LogP contribution < -0.4 is 19.5 Å². The quantitative estimate of drug-likeness (QED) is 0.766. The number of nitrogens with zero attached hydrogens (tertiary/aromatic N) is 2. The van der Waals surface area contributed by atoms with Gasteiger partial charge in [0, 0.05) is 38.6 Å². The van der Waals surface area contributed by atoms with Crippen LogP contribution in [0.4, 0.5) is 4.79 Å². The number of carbonyl (C=O) groups excluding carboxylic acids is 2. The van der Waals surface area contributed by atoms with E-state index in [1.165, 1.54) is 0 Å². The van der Waals surface area contributed by atoms with Crippen LogP contribution in [-0.4, -0.2) is 75.8 Å². The molecule has 1 N–H and O–H groups in total. The molecule has 8 nitrogen and oxygen atoms in total. The molecule has 8 heteroatoms. The fourth-order valence-electron chi connectivity index (χ4n) is 4.48. The molecule has 0 spiro atoms. The van der Waals surface area contributed by atoms with E-state index < -0.39 is 0 Å². The van der Waals surface area contributed by atoms with Crippen molar-refractivity contribution in [3.05, 3.63) is 17.7 Å². The van der Waals surface area contributed by atoms with E-state index in [0.29, 0.717) is 36.9 Å². The lowest BCUT2D eigenvalue weighted by molar-refractivity contribution is -0.136. The van der Waals surface area contributed by atoms with Gasteiger partial charge < -0.3 is 29.3 Å². The molecule has 2 aliphatic rings. The van der Waals surface area contributed by atoms with Crippen molar-refractivity contribution >= 4 is 11.9 Å². The highest BCUT2D eigenvalue weighted by Gasteiger charge is 2.42. The molecule has 2 atom stereocenters. The lowest BCUT2D eigenvalue weighted by Gasteiger charge is -2.31. The molecule has 166 valence electrons. The Labute approximate surface area is 178 Å². The van der Waals surface area contributed by atoms with Crippen molar-refractivity contribution in [1.29, 1.82) is 0 Å². The maximum atomic E-state index is 13.4. The molecule has 3 rings (SSSR count). The molecule has 2 aliphatic heterocycles. The van der Waals surface area contributed by atoms with E-state index in [4.69, 9.17) is 14.2 Å². The molecule has 0 saturated carbocycles. The maximum absolute atomic E-state index is 13.4. The van der Waals surface area contributed by atoms with E-state index in [-0.39, 0.29) is 23.8 Å². The summed E-state index contributed by atoms with van der Waals surface area (Å²) in [6, 6.07) is 3.65. The van der Waals surface area contributed by atoms with Gasteiger partial charge in [-0.05, 0) is 43.9 Å². The van der Waals surface area contributed by atoms with Gasteiger partial charge in [-0.25, -0.2) is 4.79 Å². The summed E-state index contributed by atoms with van der Waals surface area (Å²) < 4.78 is 16.5. The Morgan fingerprint density at radius 2 is 1.60 bits per heavy atom. The Hall–Kier alpha value is -2.64. The standard InChI is InChI=1S/C22H33N3O5/c1-5-23-22(27)25-13-16(17(14-25)21(26)24-9-7-6-8-10-24)15-11-18(28-2)20(30-4)19(12-15)29-3/h11-12,16-17H,5-10,13-14H2,1-4H3,(H,23,27)/t16-,17-/m0/s1. The van der Waals surface area contributed by atoms with Crippen LogP contribution in [0.2, 0.25) is 0 Å². The first-order valence-electron chi connectivity index (χ1n) is 10.7. The Bertz CT molecular complexity index is 738. The largest absolute Gasteiger partial charge is 0.493 e. The zero-order valence-electron chi connectivity index (χ0n) is 18.4. The third-order valence-electron chi connectivity index (χ3n) is 6.04. The molecule has 0 unspecified atom stereocenters. The smallest absolute Gasteiger partial charge is 0.317 e. The van der Waals surface area contributed by atoms with E-state index in [2.05, 4.69) is 5.32 Å². The Kier molecular flexibility index (Phi) is 7.29. The fraction of sp³-hybridized carbons (Fsp3) is 0.636. The fourth-order valence-corrected chi connectivity index (χ4v) is 4.48. The van der Waals surface area contributed by atoms with Crippen LogP contribution in [0.3, 0.4) is 0 Å². The molecule has 0 radical (unpaired) electrons. The number of hydrogen-bond acceptors (Lipinski definition) is 5. The molecule has 1 aromatic carbocycles. The first-order valence-corrected chi connectivity index (χ1v) is 10.7. The zero-order valence-corrected chi connectivity index (χ0v) is 18.4. The van der Waals surface area contributed by atoms with Crippen LogP contribution in [0.1, 0.15) is 37.7 Å². The molecule has 0 aromatic heterocycles. The number of piperidine rings is 1. The Morgan fingerprint density at radius 1 is 0.967 bits per heavy atom. The van der Waals surface area contributed by atoms with Gasteiger partial charge in [-0.1, -0.05) is 0 Å². The first kappa shape index (κ1) is 22.1. The van der Waals surface area contributed by atoms with Crippen molar-refractivity contribution in [3.8, 4) is 17.2 Å². The van der Waals surface area contributed by atoms with Gasteiger partial charge in [0.1, 0.15) is 0 Å². The van der Waals surface area contributed by atoms with Crippen LogP contribution in [0, 0.1) is 5.92 Å². The lowest BCUT2D eigenvalue weighted by atomic mass is 9.87. The molecule has 30 heavy (non-hydrogen) atoms. The molecule has 1 aromatic rings. The summed E-state index contributed by atoms with van der Waals surface area (Å²) in [5.41, 5.74) is 0.909. The summed E-state index contributed by atoms with van der Waals surface area (Å²) in [6.07, 6.45) is 3.23. The summed E-state index contributed by atoms with van der Waals surface area (Å²) >= 11 is 0.